The Bertz CT molecular complexity index is 381. The van der Waals surface area contributed by atoms with Crippen LogP contribution in [0.4, 0.5) is 13.2 Å². The van der Waals surface area contributed by atoms with Crippen molar-refractivity contribution in [3.05, 3.63) is 23.3 Å². The van der Waals surface area contributed by atoms with Crippen LogP contribution in [0.15, 0.2) is 6.07 Å². The molecule has 0 saturated carbocycles. The number of halogens is 3. The normalized spacial score (nSPS) is 10.6. The molecule has 0 aliphatic heterocycles. The molecule has 14 heavy (non-hydrogen) atoms. The number of aromatic hydroxyl groups is 1. The van der Waals surface area contributed by atoms with Gasteiger partial charge in [0.25, 0.3) is 12.4 Å². The third kappa shape index (κ3) is 1.76. The topological polar surface area (TPSA) is 70.4 Å². The van der Waals surface area contributed by atoms with Crippen LogP contribution in [-0.2, 0) is 0 Å². The predicted octanol–water partition coefficient (Wildman–Crippen LogP) is 1.56. The van der Waals surface area contributed by atoms with E-state index in [4.69, 9.17) is 10.2 Å². The van der Waals surface area contributed by atoms with Gasteiger partial charge < -0.3 is 10.2 Å². The van der Waals surface area contributed by atoms with E-state index in [0.717, 1.165) is 0 Å². The molecule has 1 rings (SSSR count). The smallest absolute Gasteiger partial charge is 0.339 e. The second kappa shape index (κ2) is 3.52. The van der Waals surface area contributed by atoms with Gasteiger partial charge in [-0.3, -0.25) is 0 Å². The highest BCUT2D eigenvalue weighted by atomic mass is 19.3. The fourth-order valence-corrected chi connectivity index (χ4v) is 0.801. The van der Waals surface area contributed by atoms with Gasteiger partial charge in [-0.2, -0.15) is 4.39 Å². The van der Waals surface area contributed by atoms with Crippen molar-refractivity contribution in [1.82, 2.24) is 4.98 Å². The van der Waals surface area contributed by atoms with Gasteiger partial charge >= 0.3 is 5.97 Å². The summed E-state index contributed by atoms with van der Waals surface area (Å²) in [6.45, 7) is 0. The zero-order valence-corrected chi connectivity index (χ0v) is 6.54. The van der Waals surface area contributed by atoms with E-state index in [0.29, 0.717) is 6.07 Å². The molecular formula is C7H4F3NO3. The van der Waals surface area contributed by atoms with Gasteiger partial charge in [0.2, 0.25) is 0 Å². The molecule has 1 aromatic heterocycles. The minimum atomic E-state index is -3.09. The van der Waals surface area contributed by atoms with E-state index < -0.39 is 35.3 Å². The van der Waals surface area contributed by atoms with Crippen molar-refractivity contribution in [3.8, 4) is 5.75 Å². The summed E-state index contributed by atoms with van der Waals surface area (Å²) in [5.41, 5.74) is -1.97. The summed E-state index contributed by atoms with van der Waals surface area (Å²) in [4.78, 5) is 13.0. The van der Waals surface area contributed by atoms with Gasteiger partial charge in [-0.05, 0) is 6.07 Å². The number of carboxylic acids is 1. The van der Waals surface area contributed by atoms with Gasteiger partial charge in [0, 0.05) is 0 Å². The molecule has 0 aromatic carbocycles. The lowest BCUT2D eigenvalue weighted by molar-refractivity contribution is 0.0691. The summed E-state index contributed by atoms with van der Waals surface area (Å²) < 4.78 is 36.6. The van der Waals surface area contributed by atoms with Crippen molar-refractivity contribution in [3.63, 3.8) is 0 Å². The number of aromatic carboxylic acids is 1. The van der Waals surface area contributed by atoms with Crippen LogP contribution in [0.3, 0.4) is 0 Å². The fourth-order valence-electron chi connectivity index (χ4n) is 0.801. The Morgan fingerprint density at radius 2 is 2.07 bits per heavy atom. The SMILES string of the molecule is O=C(O)c1cc(C(F)F)nc(F)c1O. The maximum absolute atomic E-state index is 12.6. The molecule has 0 radical (unpaired) electrons. The maximum atomic E-state index is 12.6. The molecule has 4 nitrogen and oxygen atoms in total. The van der Waals surface area contributed by atoms with Crippen molar-refractivity contribution >= 4 is 5.97 Å². The van der Waals surface area contributed by atoms with Crippen molar-refractivity contribution in [1.29, 1.82) is 0 Å². The number of carbonyl (C=O) groups is 1. The van der Waals surface area contributed by atoms with Gasteiger partial charge in [0.1, 0.15) is 11.3 Å². The van der Waals surface area contributed by atoms with Gasteiger partial charge in [-0.1, -0.05) is 0 Å². The van der Waals surface area contributed by atoms with E-state index in [9.17, 15) is 18.0 Å². The number of pyridine rings is 1. The number of hydrogen-bond donors (Lipinski definition) is 2. The average Bonchev–Trinajstić information content (AvgIpc) is 2.08. The molecule has 0 aliphatic rings. The summed E-state index contributed by atoms with van der Waals surface area (Å²) in [5, 5.41) is 17.2. The lowest BCUT2D eigenvalue weighted by Crippen LogP contribution is -2.03. The number of hydrogen-bond acceptors (Lipinski definition) is 3. The predicted molar refractivity (Wildman–Crippen MR) is 37.8 cm³/mol. The van der Waals surface area contributed by atoms with E-state index in [1.54, 1.807) is 0 Å². The summed E-state index contributed by atoms with van der Waals surface area (Å²) in [7, 11) is 0. The Morgan fingerprint density at radius 3 is 2.50 bits per heavy atom. The first-order valence-electron chi connectivity index (χ1n) is 3.34. The van der Waals surface area contributed by atoms with Crippen LogP contribution in [0.1, 0.15) is 22.5 Å². The quantitative estimate of drug-likeness (QED) is 0.722. The lowest BCUT2D eigenvalue weighted by Gasteiger charge is -2.03. The molecule has 0 saturated heterocycles. The second-order valence-electron chi connectivity index (χ2n) is 2.34. The number of nitrogens with zero attached hydrogens (tertiary/aromatic N) is 1. The Hall–Kier alpha value is -1.79. The maximum Gasteiger partial charge on any atom is 0.339 e. The van der Waals surface area contributed by atoms with E-state index in [1.807, 2.05) is 0 Å². The molecular weight excluding hydrogens is 203 g/mol. The first-order valence-corrected chi connectivity index (χ1v) is 3.34. The van der Waals surface area contributed by atoms with Gasteiger partial charge in [-0.25, -0.2) is 18.6 Å². The zero-order valence-electron chi connectivity index (χ0n) is 6.54. The first-order chi connectivity index (χ1) is 6.43. The molecule has 2 N–H and O–H groups in total. The Kier molecular flexibility index (Phi) is 2.59. The third-order valence-corrected chi connectivity index (χ3v) is 1.42. The standard InChI is InChI=1S/C7H4F3NO3/c8-5(9)3-1-2(7(13)14)4(12)6(10)11-3/h1,5,12H,(H,13,14). The van der Waals surface area contributed by atoms with E-state index in [1.165, 1.54) is 0 Å². The number of aromatic nitrogens is 1. The summed E-state index contributed by atoms with van der Waals surface area (Å²) in [6.07, 6.45) is -3.09. The van der Waals surface area contributed by atoms with Gasteiger partial charge in [0.05, 0.1) is 0 Å². The van der Waals surface area contributed by atoms with Crippen LogP contribution in [0.2, 0.25) is 0 Å². The Balaban J connectivity index is 3.35. The Morgan fingerprint density at radius 1 is 1.50 bits per heavy atom. The van der Waals surface area contributed by atoms with Crippen molar-refractivity contribution in [2.45, 2.75) is 6.43 Å². The van der Waals surface area contributed by atoms with Crippen LogP contribution in [0, 0.1) is 5.95 Å². The minimum Gasteiger partial charge on any atom is -0.503 e. The number of carboxylic acid groups (broad SMARTS) is 1. The second-order valence-corrected chi connectivity index (χ2v) is 2.34. The van der Waals surface area contributed by atoms with Crippen LogP contribution in [-0.4, -0.2) is 21.2 Å². The highest BCUT2D eigenvalue weighted by molar-refractivity contribution is 5.90. The highest BCUT2D eigenvalue weighted by Crippen LogP contribution is 2.25. The monoisotopic (exact) mass is 207 g/mol. The fraction of sp³-hybridized carbons (Fsp3) is 0.143. The van der Waals surface area contributed by atoms with Crippen LogP contribution in [0.25, 0.3) is 0 Å². The van der Waals surface area contributed by atoms with Crippen molar-refractivity contribution in [2.75, 3.05) is 0 Å². The third-order valence-electron chi connectivity index (χ3n) is 1.42. The molecule has 0 atom stereocenters. The minimum absolute atomic E-state index is 0.422. The molecule has 0 spiro atoms. The van der Waals surface area contributed by atoms with Crippen LogP contribution in [0.5, 0.6) is 5.75 Å². The van der Waals surface area contributed by atoms with Gasteiger partial charge in [0.15, 0.2) is 5.75 Å². The van der Waals surface area contributed by atoms with Gasteiger partial charge in [-0.15, -0.1) is 0 Å². The lowest BCUT2D eigenvalue weighted by atomic mass is 10.2. The molecule has 0 fully saturated rings. The van der Waals surface area contributed by atoms with Crippen LogP contribution < -0.4 is 0 Å². The molecule has 7 heteroatoms. The van der Waals surface area contributed by atoms with Crippen LogP contribution >= 0.6 is 0 Å². The molecule has 76 valence electrons. The Labute approximate surface area is 75.6 Å². The van der Waals surface area contributed by atoms with E-state index in [2.05, 4.69) is 4.98 Å². The summed E-state index contributed by atoms with van der Waals surface area (Å²) >= 11 is 0. The summed E-state index contributed by atoms with van der Waals surface area (Å²) in [5.74, 6) is -4.58. The number of alkyl halides is 2. The first kappa shape index (κ1) is 10.3. The molecule has 0 unspecified atom stereocenters. The van der Waals surface area contributed by atoms with E-state index in [-0.39, 0.29) is 0 Å². The largest absolute Gasteiger partial charge is 0.503 e. The van der Waals surface area contributed by atoms with Crippen molar-refractivity contribution in [2.24, 2.45) is 0 Å². The molecule has 1 heterocycles. The summed E-state index contributed by atoms with van der Waals surface area (Å²) in [6, 6.07) is 0.422. The molecule has 0 amide bonds. The molecule has 0 bridgehead atoms. The average molecular weight is 207 g/mol. The van der Waals surface area contributed by atoms with E-state index >= 15 is 0 Å². The molecule has 0 aliphatic carbocycles. The highest BCUT2D eigenvalue weighted by Gasteiger charge is 2.20. The zero-order chi connectivity index (χ0) is 10.9. The van der Waals surface area contributed by atoms with Crippen molar-refractivity contribution < 1.29 is 28.2 Å². The molecule has 1 aromatic rings. The number of rotatable bonds is 2.